The van der Waals surface area contributed by atoms with E-state index < -0.39 is 0 Å². The van der Waals surface area contributed by atoms with Crippen LogP contribution >= 0.6 is 0 Å². The topological polar surface area (TPSA) is 77.3 Å². The number of benzene rings is 2. The zero-order valence-corrected chi connectivity index (χ0v) is 15.9. The Morgan fingerprint density at radius 3 is 2.76 bits per heavy atom. The van der Waals surface area contributed by atoms with Crippen molar-refractivity contribution in [1.29, 1.82) is 0 Å². The van der Waals surface area contributed by atoms with Crippen LogP contribution in [0.25, 0.3) is 0 Å². The van der Waals surface area contributed by atoms with E-state index in [4.69, 9.17) is 14.2 Å². The molecular formula is C22H20N4O3. The van der Waals surface area contributed by atoms with Gasteiger partial charge in [-0.15, -0.1) is 0 Å². The Morgan fingerprint density at radius 2 is 1.97 bits per heavy atom. The Labute approximate surface area is 168 Å². The van der Waals surface area contributed by atoms with E-state index in [1.54, 1.807) is 12.4 Å². The Hall–Kier alpha value is -3.87. The second-order valence-corrected chi connectivity index (χ2v) is 6.09. The molecule has 0 bridgehead atoms. The van der Waals surface area contributed by atoms with Crippen LogP contribution in [0.2, 0.25) is 0 Å². The summed E-state index contributed by atoms with van der Waals surface area (Å²) < 4.78 is 16.2. The van der Waals surface area contributed by atoms with E-state index >= 15 is 0 Å². The fourth-order valence-corrected chi connectivity index (χ4v) is 2.72. The minimum Gasteiger partial charge on any atom is -0.494 e. The summed E-state index contributed by atoms with van der Waals surface area (Å²) >= 11 is 0. The quantitative estimate of drug-likeness (QED) is 0.394. The van der Waals surface area contributed by atoms with E-state index in [1.807, 2.05) is 67.6 Å². The van der Waals surface area contributed by atoms with Crippen molar-refractivity contribution in [1.82, 2.24) is 10.4 Å². The largest absolute Gasteiger partial charge is 0.494 e. The molecule has 0 radical (unpaired) electrons. The highest BCUT2D eigenvalue weighted by molar-refractivity contribution is 5.99. The van der Waals surface area contributed by atoms with E-state index in [1.165, 1.54) is 0 Å². The molecule has 7 heteroatoms. The number of aliphatic imine (C=N–C) groups is 1. The van der Waals surface area contributed by atoms with Crippen molar-refractivity contribution < 1.29 is 14.2 Å². The predicted octanol–water partition coefficient (Wildman–Crippen LogP) is 3.91. The van der Waals surface area contributed by atoms with E-state index in [0.717, 1.165) is 22.7 Å². The van der Waals surface area contributed by atoms with Crippen molar-refractivity contribution in [2.45, 2.75) is 6.92 Å². The molecule has 2 heterocycles. The van der Waals surface area contributed by atoms with E-state index in [2.05, 4.69) is 20.5 Å². The highest BCUT2D eigenvalue weighted by atomic mass is 16.7. The number of aromatic nitrogens is 1. The summed E-state index contributed by atoms with van der Waals surface area (Å²) in [6.45, 7) is 2.82. The summed E-state index contributed by atoms with van der Waals surface area (Å²) in [5, 5.41) is 4.32. The molecule has 3 aromatic rings. The fourth-order valence-electron chi connectivity index (χ4n) is 2.72. The van der Waals surface area contributed by atoms with Crippen LogP contribution in [0, 0.1) is 0 Å². The number of hydrogen-bond acceptors (Lipinski definition) is 6. The summed E-state index contributed by atoms with van der Waals surface area (Å²) in [6, 6.07) is 18.8. The first-order valence-electron chi connectivity index (χ1n) is 9.23. The monoisotopic (exact) mass is 388 g/mol. The summed E-state index contributed by atoms with van der Waals surface area (Å²) in [5.74, 6) is 2.79. The van der Waals surface area contributed by atoms with Crippen LogP contribution in [0.4, 0.5) is 5.69 Å². The van der Waals surface area contributed by atoms with Crippen molar-refractivity contribution in [3.63, 3.8) is 0 Å². The third-order valence-electron chi connectivity index (χ3n) is 4.08. The molecular weight excluding hydrogens is 368 g/mol. The molecule has 0 fully saturated rings. The van der Waals surface area contributed by atoms with Gasteiger partial charge in [0, 0.05) is 6.20 Å². The molecule has 1 aliphatic heterocycles. The highest BCUT2D eigenvalue weighted by Gasteiger charge is 2.12. The third-order valence-corrected chi connectivity index (χ3v) is 4.08. The number of fused-ring (bicyclic) bond motifs is 1. The van der Waals surface area contributed by atoms with Gasteiger partial charge in [-0.3, -0.25) is 10.4 Å². The van der Waals surface area contributed by atoms with E-state index in [-0.39, 0.29) is 6.79 Å². The fraction of sp³-hybridized carbons (Fsp3) is 0.136. The molecule has 0 saturated carbocycles. The SMILES string of the molecule is CCOc1ccc(N=C(N/N=C\c2ccc3c(c2)OCO3)c2ccccn2)cc1. The first-order chi connectivity index (χ1) is 14.3. The molecule has 0 saturated heterocycles. The minimum atomic E-state index is 0.243. The molecule has 0 atom stereocenters. The summed E-state index contributed by atoms with van der Waals surface area (Å²) in [5.41, 5.74) is 5.32. The highest BCUT2D eigenvalue weighted by Crippen LogP contribution is 2.31. The van der Waals surface area contributed by atoms with Gasteiger partial charge in [-0.1, -0.05) is 6.07 Å². The number of amidine groups is 1. The second-order valence-electron chi connectivity index (χ2n) is 6.09. The molecule has 1 aromatic heterocycles. The third kappa shape index (κ3) is 4.70. The number of nitrogens with one attached hydrogen (secondary N) is 1. The maximum absolute atomic E-state index is 5.48. The molecule has 0 unspecified atom stereocenters. The van der Waals surface area contributed by atoms with Gasteiger partial charge < -0.3 is 14.2 Å². The van der Waals surface area contributed by atoms with Crippen molar-refractivity contribution in [2.75, 3.05) is 13.4 Å². The van der Waals surface area contributed by atoms with Crippen LogP contribution in [0.3, 0.4) is 0 Å². The predicted molar refractivity (Wildman–Crippen MR) is 111 cm³/mol. The summed E-state index contributed by atoms with van der Waals surface area (Å²) in [7, 11) is 0. The van der Waals surface area contributed by atoms with Crippen LogP contribution in [0.5, 0.6) is 17.2 Å². The number of hydrazone groups is 1. The number of pyridine rings is 1. The van der Waals surface area contributed by atoms with Crippen LogP contribution < -0.4 is 19.6 Å². The van der Waals surface area contributed by atoms with E-state index in [0.29, 0.717) is 23.9 Å². The zero-order valence-electron chi connectivity index (χ0n) is 15.9. The second kappa shape index (κ2) is 8.88. The van der Waals surface area contributed by atoms with E-state index in [9.17, 15) is 0 Å². The lowest BCUT2D eigenvalue weighted by atomic mass is 10.2. The summed E-state index contributed by atoms with van der Waals surface area (Å²) in [4.78, 5) is 9.01. The Balaban J connectivity index is 1.54. The van der Waals surface area contributed by atoms with Crippen LogP contribution in [-0.4, -0.2) is 30.4 Å². The van der Waals surface area contributed by atoms with Crippen molar-refractivity contribution in [3.8, 4) is 17.2 Å². The van der Waals surface area contributed by atoms with Gasteiger partial charge in [0.05, 0.1) is 18.5 Å². The minimum absolute atomic E-state index is 0.243. The lowest BCUT2D eigenvalue weighted by Crippen LogP contribution is -2.20. The molecule has 4 rings (SSSR count). The molecule has 146 valence electrons. The van der Waals surface area contributed by atoms with Crippen LogP contribution in [0.15, 0.2) is 77.0 Å². The van der Waals surface area contributed by atoms with Gasteiger partial charge in [-0.25, -0.2) is 4.99 Å². The van der Waals surface area contributed by atoms with Crippen molar-refractivity contribution in [3.05, 3.63) is 78.1 Å². The smallest absolute Gasteiger partial charge is 0.231 e. The number of rotatable bonds is 6. The average Bonchev–Trinajstić information content (AvgIpc) is 3.23. The molecule has 7 nitrogen and oxygen atoms in total. The number of ether oxygens (including phenoxy) is 3. The van der Waals surface area contributed by atoms with Crippen LogP contribution in [0.1, 0.15) is 18.2 Å². The normalized spacial score (nSPS) is 12.9. The zero-order chi connectivity index (χ0) is 19.9. The first kappa shape index (κ1) is 18.5. The maximum Gasteiger partial charge on any atom is 0.231 e. The van der Waals surface area contributed by atoms with Crippen molar-refractivity contribution in [2.24, 2.45) is 10.1 Å². The standard InChI is InChI=1S/C22H20N4O3/c1-2-27-18-9-7-17(8-10-18)25-22(19-5-3-4-12-23-19)26-24-14-16-6-11-20-21(13-16)29-15-28-20/h3-14H,2,15H2,1H3,(H,25,26)/b24-14-. The van der Waals surface area contributed by atoms with Gasteiger partial charge in [0.15, 0.2) is 17.3 Å². The van der Waals surface area contributed by atoms with Gasteiger partial charge in [0.2, 0.25) is 6.79 Å². The molecule has 0 spiro atoms. The molecule has 1 aliphatic rings. The Morgan fingerprint density at radius 1 is 1.10 bits per heavy atom. The lowest BCUT2D eigenvalue weighted by Gasteiger charge is -2.06. The lowest BCUT2D eigenvalue weighted by molar-refractivity contribution is 0.174. The Kier molecular flexibility index (Phi) is 5.66. The van der Waals surface area contributed by atoms with Crippen LogP contribution in [-0.2, 0) is 0 Å². The number of nitrogens with zero attached hydrogens (tertiary/aromatic N) is 3. The van der Waals surface area contributed by atoms with Gasteiger partial charge in [0.1, 0.15) is 11.4 Å². The molecule has 2 aromatic carbocycles. The molecule has 0 aliphatic carbocycles. The van der Waals surface area contributed by atoms with Gasteiger partial charge >= 0.3 is 0 Å². The molecule has 1 N–H and O–H groups in total. The first-order valence-corrected chi connectivity index (χ1v) is 9.23. The molecule has 29 heavy (non-hydrogen) atoms. The van der Waals surface area contributed by atoms with Gasteiger partial charge in [-0.2, -0.15) is 5.10 Å². The maximum atomic E-state index is 5.48. The van der Waals surface area contributed by atoms with Gasteiger partial charge in [0.25, 0.3) is 0 Å². The summed E-state index contributed by atoms with van der Waals surface area (Å²) in [6.07, 6.45) is 3.41. The average molecular weight is 388 g/mol. The van der Waals surface area contributed by atoms with Crippen molar-refractivity contribution >= 4 is 17.7 Å². The van der Waals surface area contributed by atoms with Gasteiger partial charge in [-0.05, 0) is 67.1 Å². The number of hydrogen-bond donors (Lipinski definition) is 1. The molecule has 0 amide bonds. The Bertz CT molecular complexity index is 1020.